The number of hydrogen-bond donors (Lipinski definition) is 1. The molecule has 4 nitrogen and oxygen atoms in total. The molecule has 0 spiro atoms. The Bertz CT molecular complexity index is 496. The molecule has 0 fully saturated rings. The van der Waals surface area contributed by atoms with Gasteiger partial charge in [0.1, 0.15) is 6.10 Å². The van der Waals surface area contributed by atoms with Gasteiger partial charge in [-0.25, -0.2) is 4.98 Å². The minimum absolute atomic E-state index is 0.157. The highest BCUT2D eigenvalue weighted by molar-refractivity contribution is 5.34. The predicted octanol–water partition coefficient (Wildman–Crippen LogP) is 2.41. The molecule has 0 aliphatic carbocycles. The number of imidazole rings is 1. The normalized spacial score (nSPS) is 12.0. The molecule has 2 aromatic rings. The maximum atomic E-state index is 8.76. The fourth-order valence-electron chi connectivity index (χ4n) is 1.67. The Morgan fingerprint density at radius 3 is 2.71 bits per heavy atom. The number of H-pyrrole nitrogens is 1. The van der Waals surface area contributed by atoms with Crippen LogP contribution in [-0.2, 0) is 4.74 Å². The van der Waals surface area contributed by atoms with Crippen molar-refractivity contribution in [1.29, 1.82) is 5.26 Å². The van der Waals surface area contributed by atoms with Crippen LogP contribution in [0.1, 0.15) is 29.8 Å². The van der Waals surface area contributed by atoms with Crippen molar-refractivity contribution >= 4 is 0 Å². The van der Waals surface area contributed by atoms with Crippen molar-refractivity contribution in [1.82, 2.24) is 9.97 Å². The molecule has 0 amide bonds. The molecule has 86 valence electrons. The van der Waals surface area contributed by atoms with Gasteiger partial charge >= 0.3 is 0 Å². The summed E-state index contributed by atoms with van der Waals surface area (Å²) in [5.41, 5.74) is 2.57. The first-order valence-corrected chi connectivity index (χ1v) is 5.45. The van der Waals surface area contributed by atoms with E-state index < -0.39 is 0 Å². The molecule has 1 aromatic carbocycles. The van der Waals surface area contributed by atoms with Crippen LogP contribution < -0.4 is 0 Å². The quantitative estimate of drug-likeness (QED) is 0.872. The van der Waals surface area contributed by atoms with Crippen LogP contribution in [0, 0.1) is 11.3 Å². The van der Waals surface area contributed by atoms with Crippen LogP contribution in [0.4, 0.5) is 0 Å². The minimum Gasteiger partial charge on any atom is -0.367 e. The number of hydrogen-bond acceptors (Lipinski definition) is 3. The molecule has 1 aromatic heterocycles. The Labute approximate surface area is 99.9 Å². The molecule has 1 heterocycles. The molecule has 0 saturated carbocycles. The first-order valence-electron chi connectivity index (χ1n) is 5.45. The number of ether oxygens (including phenoxy) is 1. The molecule has 0 aliphatic heterocycles. The second kappa shape index (κ2) is 5.28. The van der Waals surface area contributed by atoms with Gasteiger partial charge in [-0.15, -0.1) is 0 Å². The topological polar surface area (TPSA) is 61.7 Å². The van der Waals surface area contributed by atoms with E-state index in [0.717, 1.165) is 11.3 Å². The van der Waals surface area contributed by atoms with Gasteiger partial charge in [-0.3, -0.25) is 0 Å². The van der Waals surface area contributed by atoms with Crippen LogP contribution in [0.15, 0.2) is 36.8 Å². The minimum atomic E-state index is -0.157. The van der Waals surface area contributed by atoms with Crippen LogP contribution in [0.5, 0.6) is 0 Å². The predicted molar refractivity (Wildman–Crippen MR) is 63.2 cm³/mol. The average Bonchev–Trinajstić information content (AvgIpc) is 2.90. The summed E-state index contributed by atoms with van der Waals surface area (Å²) in [4.78, 5) is 7.04. The maximum Gasteiger partial charge on any atom is 0.124 e. The standard InChI is InChI=1S/C13H13N3O/c1-2-17-13(12-8-15-9-16-12)11-5-3-10(7-14)4-6-11/h3-6,8-9,13H,2H2,1H3,(H,15,16). The lowest BCUT2D eigenvalue weighted by Crippen LogP contribution is -2.06. The van der Waals surface area contributed by atoms with Gasteiger partial charge in [0.25, 0.3) is 0 Å². The molecule has 0 radical (unpaired) electrons. The van der Waals surface area contributed by atoms with E-state index in [1.165, 1.54) is 0 Å². The van der Waals surface area contributed by atoms with E-state index in [1.54, 1.807) is 24.7 Å². The highest BCUT2D eigenvalue weighted by atomic mass is 16.5. The summed E-state index contributed by atoms with van der Waals surface area (Å²) in [5, 5.41) is 8.76. The van der Waals surface area contributed by atoms with E-state index in [-0.39, 0.29) is 6.10 Å². The molecular weight excluding hydrogens is 214 g/mol. The number of aromatic amines is 1. The number of benzene rings is 1. The van der Waals surface area contributed by atoms with Gasteiger partial charge in [-0.1, -0.05) is 12.1 Å². The van der Waals surface area contributed by atoms with E-state index in [1.807, 2.05) is 19.1 Å². The van der Waals surface area contributed by atoms with Gasteiger partial charge in [-0.2, -0.15) is 5.26 Å². The molecule has 0 saturated heterocycles. The van der Waals surface area contributed by atoms with Crippen LogP contribution in [0.2, 0.25) is 0 Å². The zero-order valence-electron chi connectivity index (χ0n) is 9.55. The van der Waals surface area contributed by atoms with E-state index in [4.69, 9.17) is 10.00 Å². The van der Waals surface area contributed by atoms with Gasteiger partial charge in [0, 0.05) is 6.61 Å². The highest BCUT2D eigenvalue weighted by Crippen LogP contribution is 2.24. The SMILES string of the molecule is CCOC(c1ccc(C#N)cc1)c1cnc[nH]1. The van der Waals surface area contributed by atoms with Crippen LogP contribution in [-0.4, -0.2) is 16.6 Å². The lowest BCUT2D eigenvalue weighted by molar-refractivity contribution is 0.0887. The van der Waals surface area contributed by atoms with Gasteiger partial charge in [0.05, 0.1) is 29.9 Å². The third-order valence-corrected chi connectivity index (χ3v) is 2.48. The van der Waals surface area contributed by atoms with Gasteiger partial charge < -0.3 is 9.72 Å². The van der Waals surface area contributed by atoms with Crippen LogP contribution in [0.25, 0.3) is 0 Å². The number of nitrogens with one attached hydrogen (secondary N) is 1. The first kappa shape index (κ1) is 11.4. The summed E-state index contributed by atoms with van der Waals surface area (Å²) >= 11 is 0. The van der Waals surface area contributed by atoms with E-state index in [0.29, 0.717) is 12.2 Å². The molecular formula is C13H13N3O. The number of nitrogens with zero attached hydrogens (tertiary/aromatic N) is 2. The van der Waals surface area contributed by atoms with Crippen molar-refractivity contribution in [3.8, 4) is 6.07 Å². The monoisotopic (exact) mass is 227 g/mol. The Kier molecular flexibility index (Phi) is 3.53. The van der Waals surface area contributed by atoms with Gasteiger partial charge in [0.15, 0.2) is 0 Å². The van der Waals surface area contributed by atoms with Crippen molar-refractivity contribution in [2.24, 2.45) is 0 Å². The molecule has 0 aliphatic rings. The molecule has 1 N–H and O–H groups in total. The Hall–Kier alpha value is -2.12. The smallest absolute Gasteiger partial charge is 0.124 e. The molecule has 2 rings (SSSR count). The molecule has 1 unspecified atom stereocenters. The maximum absolute atomic E-state index is 8.76. The average molecular weight is 227 g/mol. The van der Waals surface area contributed by atoms with Crippen molar-refractivity contribution in [3.05, 3.63) is 53.6 Å². The lowest BCUT2D eigenvalue weighted by atomic mass is 10.1. The van der Waals surface area contributed by atoms with Gasteiger partial charge in [0.2, 0.25) is 0 Å². The fraction of sp³-hybridized carbons (Fsp3) is 0.231. The zero-order chi connectivity index (χ0) is 12.1. The van der Waals surface area contributed by atoms with Crippen molar-refractivity contribution in [2.45, 2.75) is 13.0 Å². The summed E-state index contributed by atoms with van der Waals surface area (Å²) in [6.45, 7) is 2.57. The van der Waals surface area contributed by atoms with Crippen molar-refractivity contribution < 1.29 is 4.74 Å². The van der Waals surface area contributed by atoms with E-state index >= 15 is 0 Å². The lowest BCUT2D eigenvalue weighted by Gasteiger charge is -2.15. The summed E-state index contributed by atoms with van der Waals surface area (Å²) < 4.78 is 5.69. The molecule has 17 heavy (non-hydrogen) atoms. The third kappa shape index (κ3) is 2.52. The summed E-state index contributed by atoms with van der Waals surface area (Å²) in [6.07, 6.45) is 3.22. The Morgan fingerprint density at radius 2 is 2.18 bits per heavy atom. The summed E-state index contributed by atoms with van der Waals surface area (Å²) in [5.74, 6) is 0. The summed E-state index contributed by atoms with van der Waals surface area (Å²) in [6, 6.07) is 9.48. The second-order valence-corrected chi connectivity index (χ2v) is 3.58. The van der Waals surface area contributed by atoms with Crippen LogP contribution in [0.3, 0.4) is 0 Å². The number of aromatic nitrogens is 2. The third-order valence-electron chi connectivity index (χ3n) is 2.48. The molecule has 0 bridgehead atoms. The van der Waals surface area contributed by atoms with Crippen molar-refractivity contribution in [3.63, 3.8) is 0 Å². The van der Waals surface area contributed by atoms with Crippen LogP contribution >= 0.6 is 0 Å². The zero-order valence-corrected chi connectivity index (χ0v) is 9.55. The number of rotatable bonds is 4. The molecule has 1 atom stereocenters. The summed E-state index contributed by atoms with van der Waals surface area (Å²) in [7, 11) is 0. The number of nitriles is 1. The largest absolute Gasteiger partial charge is 0.367 e. The first-order chi connectivity index (χ1) is 8.35. The Balaban J connectivity index is 2.30. The highest BCUT2D eigenvalue weighted by Gasteiger charge is 2.15. The van der Waals surface area contributed by atoms with Gasteiger partial charge in [-0.05, 0) is 24.6 Å². The molecule has 4 heteroatoms. The Morgan fingerprint density at radius 1 is 1.41 bits per heavy atom. The van der Waals surface area contributed by atoms with E-state index in [9.17, 15) is 0 Å². The second-order valence-electron chi connectivity index (χ2n) is 3.58. The fourth-order valence-corrected chi connectivity index (χ4v) is 1.67. The van der Waals surface area contributed by atoms with E-state index in [2.05, 4.69) is 16.0 Å². The van der Waals surface area contributed by atoms with Crippen molar-refractivity contribution in [2.75, 3.05) is 6.61 Å².